The molecule has 0 saturated carbocycles. The smallest absolute Gasteiger partial charge is 0.194 e. The summed E-state index contributed by atoms with van der Waals surface area (Å²) in [4.78, 5) is 10.6. The lowest BCUT2D eigenvalue weighted by atomic mass is 10.4. The van der Waals surface area contributed by atoms with Gasteiger partial charge >= 0.3 is 0 Å². The Morgan fingerprint density at radius 3 is 2.40 bits per heavy atom. The number of hydrogen-bond acceptors (Lipinski definition) is 1. The van der Waals surface area contributed by atoms with Gasteiger partial charge in [0.1, 0.15) is 0 Å². The summed E-state index contributed by atoms with van der Waals surface area (Å²) in [6, 6.07) is 5.17. The molecule has 2 aromatic rings. The van der Waals surface area contributed by atoms with Crippen LogP contribution in [0.4, 0.5) is 0 Å². The van der Waals surface area contributed by atoms with Crippen LogP contribution in [0.5, 0.6) is 0 Å². The van der Waals surface area contributed by atoms with Crippen LogP contribution in [0.1, 0.15) is 0 Å². The average Bonchev–Trinajstić information content (AvgIpc) is 2.43. The largest absolute Gasteiger partial charge is 1.00 e. The van der Waals surface area contributed by atoms with E-state index in [0.717, 1.165) is 10.8 Å². The van der Waals surface area contributed by atoms with Gasteiger partial charge in [-0.3, -0.25) is 4.79 Å². The molecule has 10 heavy (non-hydrogen) atoms. The molecule has 0 aliphatic carbocycles. The Balaban J connectivity index is 0.000000500. The van der Waals surface area contributed by atoms with Crippen molar-refractivity contribution in [2.45, 2.75) is 0 Å². The molecule has 0 spiro atoms. The molecule has 0 N–H and O–H groups in total. The molecule has 2 rings (SSSR count). The Hall–Kier alpha value is -0.890. The predicted molar refractivity (Wildman–Crippen MR) is 37.6 cm³/mol. The van der Waals surface area contributed by atoms with Crippen molar-refractivity contribution >= 4 is 22.4 Å². The summed E-state index contributed by atoms with van der Waals surface area (Å²) >= 11 is 5.59. The van der Waals surface area contributed by atoms with E-state index in [0.29, 0.717) is 5.02 Å². The lowest BCUT2D eigenvalue weighted by Gasteiger charge is -1.77. The van der Waals surface area contributed by atoms with Crippen LogP contribution in [-0.2, 0) is 0 Å². The molecule has 0 heterocycles. The summed E-state index contributed by atoms with van der Waals surface area (Å²) in [7, 11) is 0. The Bertz CT molecular complexity index is 373. The Labute approximate surface area is 61.3 Å². The second kappa shape index (κ2) is 2.06. The van der Waals surface area contributed by atoms with Gasteiger partial charge < -0.3 is 4.70 Å². The van der Waals surface area contributed by atoms with Crippen molar-refractivity contribution in [2.24, 2.45) is 0 Å². The summed E-state index contributed by atoms with van der Waals surface area (Å²) in [6.07, 6.45) is 0. The van der Waals surface area contributed by atoms with Gasteiger partial charge in [0.15, 0.2) is 5.43 Å². The van der Waals surface area contributed by atoms with E-state index in [1.165, 1.54) is 0 Å². The minimum atomic E-state index is 0. The molecule has 3 heteroatoms. The van der Waals surface area contributed by atoms with Crippen LogP contribution >= 0.6 is 11.6 Å². The lowest BCUT2D eigenvalue weighted by molar-refractivity contribution is -0.00000167. The minimum absolute atomic E-state index is 0. The lowest BCUT2D eigenvalue weighted by Crippen LogP contribution is -3.00. The molecule has 52 valence electrons. The van der Waals surface area contributed by atoms with Crippen LogP contribution in [0, 0.1) is 0 Å². The van der Waals surface area contributed by atoms with E-state index in [-0.39, 0.29) is 10.1 Å². The third-order valence-corrected chi connectivity index (χ3v) is 1.64. The highest BCUT2D eigenvalue weighted by Crippen LogP contribution is 2.19. The van der Waals surface area contributed by atoms with Crippen LogP contribution in [0.25, 0.3) is 10.8 Å². The Morgan fingerprint density at radius 2 is 1.90 bits per heavy atom. The van der Waals surface area contributed by atoms with Gasteiger partial charge in [-0.2, -0.15) is 0 Å². The van der Waals surface area contributed by atoms with E-state index in [9.17, 15) is 4.79 Å². The minimum Gasteiger partial charge on any atom is -1.00 e. The fraction of sp³-hybridized carbons (Fsp3) is 0. The van der Waals surface area contributed by atoms with Crippen LogP contribution in [0.15, 0.2) is 23.0 Å². The van der Waals surface area contributed by atoms with Gasteiger partial charge in [-0.15, -0.1) is 0 Å². The van der Waals surface area contributed by atoms with E-state index in [1.54, 1.807) is 18.2 Å². The second-order valence-corrected chi connectivity index (χ2v) is 2.46. The summed E-state index contributed by atoms with van der Waals surface area (Å²) < 4.78 is 0. The summed E-state index contributed by atoms with van der Waals surface area (Å²) in [5.74, 6) is 0. The van der Waals surface area contributed by atoms with E-state index >= 15 is 0 Å². The summed E-state index contributed by atoms with van der Waals surface area (Å²) in [5, 5.41) is 2.24. The van der Waals surface area contributed by atoms with Crippen LogP contribution in [0.3, 0.4) is 0 Å². The number of fused-ring (bicyclic) bond motifs is 1. The van der Waals surface area contributed by atoms with Gasteiger partial charge in [0, 0.05) is 15.8 Å². The molecule has 0 amide bonds. The van der Waals surface area contributed by atoms with Crippen LogP contribution in [-0.4, -0.2) is 0 Å². The normalized spacial score (nSPS) is 10.1. The standard InChI is InChI=1S/C7H3ClO.FH/c8-4-1-2-5-6(3-4)7(5)9;/h1-3H;1H/p-1. The SMILES string of the molecule is O=c1c2ccc(Cl)cc12.[F-]. The highest BCUT2D eigenvalue weighted by Gasteiger charge is 2.10. The molecule has 1 nitrogen and oxygen atoms in total. The number of hydrogen-bond donors (Lipinski definition) is 0. The molecule has 0 unspecified atom stereocenters. The molecule has 0 saturated heterocycles. The van der Waals surface area contributed by atoms with E-state index < -0.39 is 0 Å². The Morgan fingerprint density at radius 1 is 1.20 bits per heavy atom. The first kappa shape index (κ1) is 7.22. The highest BCUT2D eigenvalue weighted by molar-refractivity contribution is 6.31. The van der Waals surface area contributed by atoms with E-state index in [1.807, 2.05) is 0 Å². The third-order valence-electron chi connectivity index (χ3n) is 1.41. The maximum absolute atomic E-state index is 10.6. The van der Waals surface area contributed by atoms with Crippen molar-refractivity contribution in [3.63, 3.8) is 0 Å². The maximum atomic E-state index is 10.6. The van der Waals surface area contributed by atoms with Crippen LogP contribution in [0.2, 0.25) is 5.02 Å². The fourth-order valence-corrected chi connectivity index (χ4v) is 1.03. The maximum Gasteiger partial charge on any atom is 0.194 e. The molecular formula is C7H3ClFO-. The molecule has 0 aliphatic rings. The van der Waals surface area contributed by atoms with E-state index in [4.69, 9.17) is 11.6 Å². The molecule has 0 fully saturated rings. The predicted octanol–water partition coefficient (Wildman–Crippen LogP) is -1.27. The van der Waals surface area contributed by atoms with Gasteiger partial charge in [0.25, 0.3) is 0 Å². The van der Waals surface area contributed by atoms with Gasteiger partial charge in [-0.05, 0) is 18.2 Å². The fourth-order valence-electron chi connectivity index (χ4n) is 0.856. The van der Waals surface area contributed by atoms with Gasteiger partial charge in [-0.25, -0.2) is 0 Å². The number of benzene rings is 1. The van der Waals surface area contributed by atoms with Gasteiger partial charge in [0.05, 0.1) is 0 Å². The topological polar surface area (TPSA) is 17.1 Å². The molecule has 0 bridgehead atoms. The van der Waals surface area contributed by atoms with Crippen molar-refractivity contribution in [1.29, 1.82) is 0 Å². The third kappa shape index (κ3) is 0.809. The van der Waals surface area contributed by atoms with Crippen molar-refractivity contribution < 1.29 is 4.70 Å². The Kier molecular flexibility index (Phi) is 1.49. The zero-order valence-corrected chi connectivity index (χ0v) is 5.65. The first-order valence-corrected chi connectivity index (χ1v) is 3.01. The average molecular weight is 158 g/mol. The molecular weight excluding hydrogens is 155 g/mol. The van der Waals surface area contributed by atoms with Gasteiger partial charge in [0.2, 0.25) is 0 Å². The first-order valence-electron chi connectivity index (χ1n) is 2.63. The van der Waals surface area contributed by atoms with E-state index in [2.05, 4.69) is 0 Å². The second-order valence-electron chi connectivity index (χ2n) is 2.02. The van der Waals surface area contributed by atoms with Crippen molar-refractivity contribution in [2.75, 3.05) is 0 Å². The molecule has 0 atom stereocenters. The summed E-state index contributed by atoms with van der Waals surface area (Å²) in [6.45, 7) is 0. The first-order chi connectivity index (χ1) is 4.29. The summed E-state index contributed by atoms with van der Waals surface area (Å²) in [5.41, 5.74) is 0.141. The number of rotatable bonds is 0. The van der Waals surface area contributed by atoms with Crippen molar-refractivity contribution in [3.8, 4) is 0 Å². The molecule has 0 radical (unpaired) electrons. The van der Waals surface area contributed by atoms with Crippen molar-refractivity contribution in [1.82, 2.24) is 0 Å². The highest BCUT2D eigenvalue weighted by atomic mass is 35.5. The molecule has 2 aromatic carbocycles. The molecule has 0 aliphatic heterocycles. The van der Waals surface area contributed by atoms with Crippen LogP contribution < -0.4 is 10.1 Å². The zero-order valence-electron chi connectivity index (χ0n) is 4.90. The monoisotopic (exact) mass is 157 g/mol. The van der Waals surface area contributed by atoms with Gasteiger partial charge in [-0.1, -0.05) is 11.6 Å². The number of halogens is 2. The quantitative estimate of drug-likeness (QED) is 0.466. The zero-order chi connectivity index (χ0) is 6.43. The molecule has 0 aromatic heterocycles. The van der Waals surface area contributed by atoms with Crippen molar-refractivity contribution in [3.05, 3.63) is 33.4 Å².